The van der Waals surface area contributed by atoms with E-state index in [1.54, 1.807) is 0 Å². The Morgan fingerprint density at radius 1 is 1.20 bits per heavy atom. The zero-order valence-electron chi connectivity index (χ0n) is 14.0. The Bertz CT molecular complexity index is 362. The van der Waals surface area contributed by atoms with Crippen molar-refractivity contribution >= 4 is 20.1 Å². The summed E-state index contributed by atoms with van der Waals surface area (Å²) in [5.41, 5.74) is 5.43. The molecule has 0 radical (unpaired) electrons. The van der Waals surface area contributed by atoms with Crippen LogP contribution in [-0.2, 0) is 14.0 Å². The molecule has 0 aliphatic rings. The van der Waals surface area contributed by atoms with Gasteiger partial charge in [-0.1, -0.05) is 34.6 Å². The molecule has 0 bridgehead atoms. The Hall–Kier alpha value is -0.883. The Labute approximate surface area is 123 Å². The second-order valence-electron chi connectivity index (χ2n) is 7.17. The quantitative estimate of drug-likeness (QED) is 0.737. The molecule has 2 atom stereocenters. The van der Waals surface area contributed by atoms with E-state index in [4.69, 9.17) is 10.2 Å². The third-order valence-electron chi connectivity index (χ3n) is 3.89. The van der Waals surface area contributed by atoms with Crippen LogP contribution in [0.1, 0.15) is 41.5 Å². The molecule has 2 amide bonds. The van der Waals surface area contributed by atoms with Crippen molar-refractivity contribution in [2.24, 2.45) is 11.7 Å². The predicted molar refractivity (Wildman–Crippen MR) is 83.7 cm³/mol. The molecule has 0 spiro atoms. The van der Waals surface area contributed by atoms with Gasteiger partial charge < -0.3 is 15.5 Å². The predicted octanol–water partition coefficient (Wildman–Crippen LogP) is 2.02. The van der Waals surface area contributed by atoms with Gasteiger partial charge >= 0.3 is 0 Å². The van der Waals surface area contributed by atoms with Crippen LogP contribution in [0.4, 0.5) is 0 Å². The lowest BCUT2D eigenvalue weighted by Crippen LogP contribution is -2.58. The fraction of sp³-hybridized carbons (Fsp3) is 0.857. The molecule has 0 fully saturated rings. The fourth-order valence-electron chi connectivity index (χ4n) is 1.64. The van der Waals surface area contributed by atoms with Gasteiger partial charge in [-0.25, -0.2) is 0 Å². The van der Waals surface area contributed by atoms with Crippen LogP contribution < -0.4 is 11.1 Å². The molecule has 0 aromatic carbocycles. The summed E-state index contributed by atoms with van der Waals surface area (Å²) in [6.07, 6.45) is -0.405. The Kier molecular flexibility index (Phi) is 6.42. The zero-order valence-corrected chi connectivity index (χ0v) is 15.0. The van der Waals surface area contributed by atoms with Gasteiger partial charge in [0.1, 0.15) is 6.04 Å². The van der Waals surface area contributed by atoms with E-state index in [1.165, 1.54) is 6.92 Å². The lowest BCUT2D eigenvalue weighted by Gasteiger charge is -2.42. The van der Waals surface area contributed by atoms with E-state index in [9.17, 15) is 9.59 Å². The normalized spacial score (nSPS) is 15.8. The molecule has 5 nitrogen and oxygen atoms in total. The zero-order chi connectivity index (χ0) is 16.3. The first-order valence-electron chi connectivity index (χ1n) is 7.04. The van der Waals surface area contributed by atoms with Crippen molar-refractivity contribution in [3.8, 4) is 0 Å². The van der Waals surface area contributed by atoms with Crippen molar-refractivity contribution in [3.05, 3.63) is 0 Å². The van der Waals surface area contributed by atoms with E-state index in [0.29, 0.717) is 0 Å². The fourth-order valence-corrected chi connectivity index (χ4v) is 3.08. The maximum absolute atomic E-state index is 11.7. The molecule has 0 saturated heterocycles. The van der Waals surface area contributed by atoms with Gasteiger partial charge in [-0.15, -0.1) is 0 Å². The summed E-state index contributed by atoms with van der Waals surface area (Å²) in [5, 5.41) is 2.64. The highest BCUT2D eigenvalue weighted by molar-refractivity contribution is 6.74. The molecule has 0 aromatic rings. The molecule has 20 heavy (non-hydrogen) atoms. The maximum Gasteiger partial charge on any atom is 0.242 e. The van der Waals surface area contributed by atoms with Crippen LogP contribution in [0.5, 0.6) is 0 Å². The van der Waals surface area contributed by atoms with Crippen LogP contribution in [0.3, 0.4) is 0 Å². The summed E-state index contributed by atoms with van der Waals surface area (Å²) in [4.78, 5) is 22.9. The lowest BCUT2D eigenvalue weighted by atomic mass is 9.99. The van der Waals surface area contributed by atoms with Gasteiger partial charge in [-0.2, -0.15) is 0 Å². The second-order valence-corrected chi connectivity index (χ2v) is 11.9. The Morgan fingerprint density at radius 2 is 1.65 bits per heavy atom. The van der Waals surface area contributed by atoms with Gasteiger partial charge in [0.05, 0.1) is 6.10 Å². The minimum absolute atomic E-state index is 0.0263. The summed E-state index contributed by atoms with van der Waals surface area (Å²) in [6.45, 7) is 15.9. The molecule has 3 N–H and O–H groups in total. The third-order valence-corrected chi connectivity index (χ3v) is 8.36. The molecule has 0 unspecified atom stereocenters. The highest BCUT2D eigenvalue weighted by Crippen LogP contribution is 2.38. The highest BCUT2D eigenvalue weighted by atomic mass is 28.4. The van der Waals surface area contributed by atoms with Gasteiger partial charge in [-0.05, 0) is 24.1 Å². The lowest BCUT2D eigenvalue weighted by molar-refractivity contribution is -0.129. The van der Waals surface area contributed by atoms with Gasteiger partial charge in [0, 0.05) is 6.92 Å². The summed E-state index contributed by atoms with van der Waals surface area (Å²) < 4.78 is 6.31. The topological polar surface area (TPSA) is 81.4 Å². The summed E-state index contributed by atoms with van der Waals surface area (Å²) in [7, 11) is -2.05. The van der Waals surface area contributed by atoms with E-state index >= 15 is 0 Å². The first kappa shape index (κ1) is 19.1. The van der Waals surface area contributed by atoms with E-state index in [2.05, 4.69) is 39.2 Å². The second kappa shape index (κ2) is 6.71. The van der Waals surface area contributed by atoms with Crippen molar-refractivity contribution < 1.29 is 14.0 Å². The average molecular weight is 302 g/mol. The van der Waals surface area contributed by atoms with Crippen molar-refractivity contribution in [2.75, 3.05) is 0 Å². The van der Waals surface area contributed by atoms with Crippen molar-refractivity contribution in [1.82, 2.24) is 5.32 Å². The van der Waals surface area contributed by atoms with Crippen LogP contribution in [0.2, 0.25) is 18.1 Å². The van der Waals surface area contributed by atoms with Crippen molar-refractivity contribution in [2.45, 2.75) is 71.8 Å². The highest BCUT2D eigenvalue weighted by Gasteiger charge is 2.42. The standard InChI is InChI=1S/C14H30N2O3Si/c1-9(2)12(11(13(15)18)16-10(3)17)19-20(7,8)14(4,5)6/h9,11-12H,1-8H3,(H2,15,18)(H,16,17)/t11-,12+/m1/s1. The number of rotatable bonds is 6. The van der Waals surface area contributed by atoms with Crippen LogP contribution in [0, 0.1) is 5.92 Å². The number of primary amides is 1. The van der Waals surface area contributed by atoms with Crippen LogP contribution in [0.25, 0.3) is 0 Å². The van der Waals surface area contributed by atoms with E-state index < -0.39 is 26.4 Å². The molecule has 6 heteroatoms. The van der Waals surface area contributed by atoms with Crippen LogP contribution in [0.15, 0.2) is 0 Å². The number of nitrogens with two attached hydrogens (primary N) is 1. The Balaban J connectivity index is 5.32. The number of carbonyl (C=O) groups excluding carboxylic acids is 2. The monoisotopic (exact) mass is 302 g/mol. The number of carbonyl (C=O) groups is 2. The number of amides is 2. The van der Waals surface area contributed by atoms with Gasteiger partial charge in [0.15, 0.2) is 8.32 Å². The minimum atomic E-state index is -2.05. The molecule has 0 heterocycles. The number of nitrogens with one attached hydrogen (secondary N) is 1. The van der Waals surface area contributed by atoms with Gasteiger partial charge in [0.2, 0.25) is 11.8 Å². The number of hydrogen-bond donors (Lipinski definition) is 2. The SMILES string of the molecule is CC(=O)N[C@@H](C(N)=O)[C@@H](O[Si](C)(C)C(C)(C)C)C(C)C. The molecule has 0 saturated carbocycles. The van der Waals surface area contributed by atoms with E-state index in [0.717, 1.165) is 0 Å². The molecule has 118 valence electrons. The van der Waals surface area contributed by atoms with E-state index in [-0.39, 0.29) is 16.9 Å². The summed E-state index contributed by atoms with van der Waals surface area (Å²) >= 11 is 0. The molecular weight excluding hydrogens is 272 g/mol. The Morgan fingerprint density at radius 3 is 1.90 bits per heavy atom. The number of hydrogen-bond acceptors (Lipinski definition) is 3. The molecular formula is C14H30N2O3Si. The van der Waals surface area contributed by atoms with E-state index in [1.807, 2.05) is 13.8 Å². The summed E-state index contributed by atoms with van der Waals surface area (Å²) in [6, 6.07) is -0.790. The molecule has 0 aromatic heterocycles. The van der Waals surface area contributed by atoms with Gasteiger partial charge in [-0.3, -0.25) is 9.59 Å². The van der Waals surface area contributed by atoms with Crippen molar-refractivity contribution in [3.63, 3.8) is 0 Å². The average Bonchev–Trinajstić information content (AvgIpc) is 2.20. The molecule has 0 aliphatic carbocycles. The largest absolute Gasteiger partial charge is 0.411 e. The minimum Gasteiger partial charge on any atom is -0.411 e. The van der Waals surface area contributed by atoms with Crippen molar-refractivity contribution in [1.29, 1.82) is 0 Å². The maximum atomic E-state index is 11.7. The first-order valence-corrected chi connectivity index (χ1v) is 9.94. The molecule has 0 rings (SSSR count). The molecule has 0 aliphatic heterocycles. The van der Waals surface area contributed by atoms with Gasteiger partial charge in [0.25, 0.3) is 0 Å². The first-order chi connectivity index (χ1) is 8.79. The smallest absolute Gasteiger partial charge is 0.242 e. The third kappa shape index (κ3) is 5.24. The summed E-state index contributed by atoms with van der Waals surface area (Å²) in [5.74, 6) is -0.760. The van der Waals surface area contributed by atoms with Crippen LogP contribution in [-0.4, -0.2) is 32.3 Å². The van der Waals surface area contributed by atoms with Crippen LogP contribution >= 0.6 is 0 Å².